The van der Waals surface area contributed by atoms with Gasteiger partial charge in [0.1, 0.15) is 5.82 Å². The first-order valence-corrected chi connectivity index (χ1v) is 7.37. The van der Waals surface area contributed by atoms with Gasteiger partial charge in [-0.1, -0.05) is 12.1 Å². The molecule has 0 amide bonds. The topological polar surface area (TPSA) is 3.24 Å². The van der Waals surface area contributed by atoms with Crippen molar-refractivity contribution in [3.8, 4) is 0 Å². The molecule has 1 nitrogen and oxygen atoms in total. The molecule has 0 N–H and O–H groups in total. The summed E-state index contributed by atoms with van der Waals surface area (Å²) in [6.07, 6.45) is 2.10. The van der Waals surface area contributed by atoms with Crippen LogP contribution >= 0.6 is 27.7 Å². The molecule has 0 spiro atoms. The highest BCUT2D eigenvalue weighted by atomic mass is 79.9. The minimum atomic E-state index is -0.191. The summed E-state index contributed by atoms with van der Waals surface area (Å²) in [7, 11) is 2.07. The molecule has 1 rings (SSSR count). The van der Waals surface area contributed by atoms with Gasteiger partial charge in [0.05, 0.1) is 4.47 Å². The fourth-order valence-electron chi connectivity index (χ4n) is 1.46. The monoisotopic (exact) mass is 305 g/mol. The maximum absolute atomic E-state index is 13.3. The van der Waals surface area contributed by atoms with Gasteiger partial charge in [0.2, 0.25) is 0 Å². The molecule has 0 saturated carbocycles. The SMILES string of the molecule is CSCC(C)N(C)Cc1cccc(F)c1Br. The fraction of sp³-hybridized carbons (Fsp3) is 0.500. The van der Waals surface area contributed by atoms with Crippen LogP contribution in [0, 0.1) is 5.82 Å². The van der Waals surface area contributed by atoms with Gasteiger partial charge in [-0.2, -0.15) is 11.8 Å². The Morgan fingerprint density at radius 3 is 2.81 bits per heavy atom. The summed E-state index contributed by atoms with van der Waals surface area (Å²) < 4.78 is 13.9. The van der Waals surface area contributed by atoms with Gasteiger partial charge in [-0.25, -0.2) is 4.39 Å². The second kappa shape index (κ2) is 6.62. The van der Waals surface area contributed by atoms with Gasteiger partial charge >= 0.3 is 0 Å². The molecule has 0 fully saturated rings. The number of nitrogens with zero attached hydrogens (tertiary/aromatic N) is 1. The van der Waals surface area contributed by atoms with E-state index in [9.17, 15) is 4.39 Å². The Morgan fingerprint density at radius 1 is 1.50 bits per heavy atom. The first-order valence-electron chi connectivity index (χ1n) is 5.18. The van der Waals surface area contributed by atoms with E-state index in [1.165, 1.54) is 6.07 Å². The molecule has 0 bridgehead atoms. The Morgan fingerprint density at radius 2 is 2.19 bits per heavy atom. The van der Waals surface area contributed by atoms with Crippen molar-refractivity contribution in [2.24, 2.45) is 0 Å². The molecule has 90 valence electrons. The van der Waals surface area contributed by atoms with E-state index in [-0.39, 0.29) is 5.82 Å². The standard InChI is InChI=1S/C12H17BrFNS/c1-9(8-16-3)15(2)7-10-5-4-6-11(14)12(10)13/h4-6,9H,7-8H2,1-3H3. The smallest absolute Gasteiger partial charge is 0.137 e. The number of rotatable bonds is 5. The molecule has 0 heterocycles. The van der Waals surface area contributed by atoms with Crippen molar-refractivity contribution in [1.29, 1.82) is 0 Å². The van der Waals surface area contributed by atoms with E-state index in [4.69, 9.17) is 0 Å². The maximum atomic E-state index is 13.3. The Balaban J connectivity index is 2.69. The van der Waals surface area contributed by atoms with Gasteiger partial charge in [0, 0.05) is 18.3 Å². The number of halogens is 2. The highest BCUT2D eigenvalue weighted by molar-refractivity contribution is 9.10. The van der Waals surface area contributed by atoms with E-state index in [1.807, 2.05) is 17.8 Å². The van der Waals surface area contributed by atoms with Gasteiger partial charge in [-0.15, -0.1) is 0 Å². The zero-order valence-electron chi connectivity index (χ0n) is 9.84. The van der Waals surface area contributed by atoms with Crippen molar-refractivity contribution in [2.75, 3.05) is 19.1 Å². The second-order valence-corrected chi connectivity index (χ2v) is 5.64. The zero-order valence-corrected chi connectivity index (χ0v) is 12.2. The summed E-state index contributed by atoms with van der Waals surface area (Å²) in [5.41, 5.74) is 0.996. The first kappa shape index (κ1) is 14.0. The van der Waals surface area contributed by atoms with E-state index in [2.05, 4.69) is 41.1 Å². The quantitative estimate of drug-likeness (QED) is 0.814. The molecule has 1 aromatic rings. The predicted molar refractivity (Wildman–Crippen MR) is 73.4 cm³/mol. The van der Waals surface area contributed by atoms with Crippen LogP contribution in [0.4, 0.5) is 4.39 Å². The molecule has 1 unspecified atom stereocenters. The van der Waals surface area contributed by atoms with Crippen molar-refractivity contribution in [3.63, 3.8) is 0 Å². The van der Waals surface area contributed by atoms with Gasteiger partial charge in [0.15, 0.2) is 0 Å². The third kappa shape index (κ3) is 3.75. The Hall–Kier alpha value is -0.0600. The lowest BCUT2D eigenvalue weighted by molar-refractivity contribution is 0.269. The summed E-state index contributed by atoms with van der Waals surface area (Å²) in [6.45, 7) is 2.95. The van der Waals surface area contributed by atoms with Crippen LogP contribution in [0.2, 0.25) is 0 Å². The van der Waals surface area contributed by atoms with Crippen LogP contribution in [0.1, 0.15) is 12.5 Å². The van der Waals surface area contributed by atoms with E-state index in [0.29, 0.717) is 10.5 Å². The van der Waals surface area contributed by atoms with E-state index in [1.54, 1.807) is 6.07 Å². The molecule has 16 heavy (non-hydrogen) atoms. The molecule has 0 aliphatic carbocycles. The summed E-state index contributed by atoms with van der Waals surface area (Å²) in [4.78, 5) is 2.23. The summed E-state index contributed by atoms with van der Waals surface area (Å²) >= 11 is 5.12. The number of benzene rings is 1. The van der Waals surface area contributed by atoms with Gasteiger partial charge in [-0.05, 0) is 47.8 Å². The van der Waals surface area contributed by atoms with E-state index < -0.39 is 0 Å². The van der Waals surface area contributed by atoms with Crippen LogP contribution in [0.3, 0.4) is 0 Å². The molecular weight excluding hydrogens is 289 g/mol. The highest BCUT2D eigenvalue weighted by Crippen LogP contribution is 2.22. The zero-order chi connectivity index (χ0) is 12.1. The molecule has 0 saturated heterocycles. The molecule has 4 heteroatoms. The predicted octanol–water partition coefficient (Wildman–Crippen LogP) is 3.77. The lowest BCUT2D eigenvalue weighted by atomic mass is 10.2. The maximum Gasteiger partial charge on any atom is 0.137 e. The minimum Gasteiger partial charge on any atom is -0.299 e. The average molecular weight is 306 g/mol. The number of hydrogen-bond acceptors (Lipinski definition) is 2. The molecule has 0 radical (unpaired) electrons. The van der Waals surface area contributed by atoms with Crippen molar-refractivity contribution in [1.82, 2.24) is 4.90 Å². The molecule has 1 aromatic carbocycles. The van der Waals surface area contributed by atoms with Crippen LogP contribution in [0.15, 0.2) is 22.7 Å². The summed E-state index contributed by atoms with van der Waals surface area (Å²) in [5, 5.41) is 0. The number of thioether (sulfide) groups is 1. The van der Waals surface area contributed by atoms with Gasteiger partial charge < -0.3 is 0 Å². The fourth-order valence-corrected chi connectivity index (χ4v) is 2.59. The molecule has 0 aromatic heterocycles. The van der Waals surface area contributed by atoms with E-state index in [0.717, 1.165) is 17.9 Å². The molecular formula is C12H17BrFNS. The van der Waals surface area contributed by atoms with Crippen LogP contribution in [0.5, 0.6) is 0 Å². The van der Waals surface area contributed by atoms with Gasteiger partial charge in [0.25, 0.3) is 0 Å². The average Bonchev–Trinajstić information content (AvgIpc) is 2.25. The third-order valence-electron chi connectivity index (χ3n) is 2.61. The molecule has 0 aliphatic rings. The number of hydrogen-bond donors (Lipinski definition) is 0. The summed E-state index contributed by atoms with van der Waals surface area (Å²) in [5.74, 6) is 0.895. The molecule has 0 aliphatic heterocycles. The van der Waals surface area contributed by atoms with Crippen molar-refractivity contribution >= 4 is 27.7 Å². The van der Waals surface area contributed by atoms with E-state index >= 15 is 0 Å². The molecule has 1 atom stereocenters. The first-order chi connectivity index (χ1) is 7.56. The van der Waals surface area contributed by atoms with Crippen molar-refractivity contribution in [2.45, 2.75) is 19.5 Å². The minimum absolute atomic E-state index is 0.191. The Kier molecular flexibility index (Phi) is 5.79. The highest BCUT2D eigenvalue weighted by Gasteiger charge is 2.12. The normalized spacial score (nSPS) is 13.1. The van der Waals surface area contributed by atoms with Crippen LogP contribution in [-0.4, -0.2) is 30.0 Å². The lowest BCUT2D eigenvalue weighted by Crippen LogP contribution is -2.30. The van der Waals surface area contributed by atoms with Crippen molar-refractivity contribution < 1.29 is 4.39 Å². The van der Waals surface area contributed by atoms with Crippen LogP contribution in [-0.2, 0) is 6.54 Å². The lowest BCUT2D eigenvalue weighted by Gasteiger charge is -2.24. The van der Waals surface area contributed by atoms with Crippen molar-refractivity contribution in [3.05, 3.63) is 34.1 Å². The summed E-state index contributed by atoms with van der Waals surface area (Å²) in [6, 6.07) is 5.67. The van der Waals surface area contributed by atoms with Crippen LogP contribution in [0.25, 0.3) is 0 Å². The largest absolute Gasteiger partial charge is 0.299 e. The Labute approximate surface area is 110 Å². The third-order valence-corrected chi connectivity index (χ3v) is 4.32. The van der Waals surface area contributed by atoms with Crippen LogP contribution < -0.4 is 0 Å². The Bertz CT molecular complexity index is 346. The van der Waals surface area contributed by atoms with Gasteiger partial charge in [-0.3, -0.25) is 4.90 Å². The second-order valence-electron chi connectivity index (χ2n) is 3.93.